The Morgan fingerprint density at radius 1 is 1.19 bits per heavy atom. The van der Waals surface area contributed by atoms with E-state index in [1.807, 2.05) is 35.2 Å². The number of likely N-dealkylation sites (tertiary alicyclic amines) is 1. The maximum Gasteiger partial charge on any atom is 0.276 e. The number of nitrogens with one attached hydrogen (secondary N) is 1. The number of aromatic nitrogens is 1. The molecule has 1 unspecified atom stereocenters. The van der Waals surface area contributed by atoms with Crippen LogP contribution < -0.4 is 5.32 Å². The second-order valence-corrected chi connectivity index (χ2v) is 7.10. The van der Waals surface area contributed by atoms with Crippen molar-refractivity contribution < 1.29 is 14.1 Å². The highest BCUT2D eigenvalue weighted by atomic mass is 16.5. The van der Waals surface area contributed by atoms with Gasteiger partial charge in [-0.15, -0.1) is 0 Å². The Labute approximate surface area is 152 Å². The minimum atomic E-state index is -0.0382. The topological polar surface area (TPSA) is 75.4 Å². The Balaban J connectivity index is 1.41. The number of hydrogen-bond donors (Lipinski definition) is 1. The van der Waals surface area contributed by atoms with E-state index in [4.69, 9.17) is 4.52 Å². The van der Waals surface area contributed by atoms with Crippen LogP contribution in [-0.2, 0) is 24.1 Å². The molecule has 2 aromatic rings. The van der Waals surface area contributed by atoms with Crippen LogP contribution in [0.4, 0.5) is 0 Å². The van der Waals surface area contributed by atoms with Gasteiger partial charge in [0.25, 0.3) is 5.91 Å². The number of carbonyl (C=O) groups excluding carboxylic acids is 2. The molecular weight excluding hydrogens is 330 g/mol. The highest BCUT2D eigenvalue weighted by Gasteiger charge is 2.32. The van der Waals surface area contributed by atoms with Crippen molar-refractivity contribution in [3.05, 3.63) is 52.9 Å². The van der Waals surface area contributed by atoms with Gasteiger partial charge in [-0.05, 0) is 31.2 Å². The SMILES string of the molecule is O=C(Cc1ccccc1)NC1CCc2onc(C(=O)N3CCCC3)c2C1. The first kappa shape index (κ1) is 16.8. The van der Waals surface area contributed by atoms with Crippen LogP contribution in [0.5, 0.6) is 0 Å². The molecule has 1 aromatic heterocycles. The van der Waals surface area contributed by atoms with Gasteiger partial charge in [-0.1, -0.05) is 35.5 Å². The number of carbonyl (C=O) groups is 2. The van der Waals surface area contributed by atoms with E-state index >= 15 is 0 Å². The van der Waals surface area contributed by atoms with Gasteiger partial charge in [0.05, 0.1) is 6.42 Å². The molecule has 136 valence electrons. The third kappa shape index (κ3) is 3.49. The molecule has 0 saturated carbocycles. The Morgan fingerprint density at radius 3 is 2.73 bits per heavy atom. The fraction of sp³-hybridized carbons (Fsp3) is 0.450. The average molecular weight is 353 g/mol. The number of aryl methyl sites for hydroxylation is 1. The fourth-order valence-corrected chi connectivity index (χ4v) is 3.83. The maximum absolute atomic E-state index is 12.7. The van der Waals surface area contributed by atoms with E-state index in [1.54, 1.807) is 0 Å². The zero-order valence-electron chi connectivity index (χ0n) is 14.7. The molecule has 0 bridgehead atoms. The molecule has 6 heteroatoms. The van der Waals surface area contributed by atoms with Crippen LogP contribution in [0.25, 0.3) is 0 Å². The van der Waals surface area contributed by atoms with E-state index in [1.165, 1.54) is 0 Å². The first-order valence-corrected chi connectivity index (χ1v) is 9.30. The molecule has 26 heavy (non-hydrogen) atoms. The summed E-state index contributed by atoms with van der Waals surface area (Å²) in [6, 6.07) is 9.72. The van der Waals surface area contributed by atoms with Gasteiger partial charge in [0.2, 0.25) is 5.91 Å². The van der Waals surface area contributed by atoms with Gasteiger partial charge >= 0.3 is 0 Å². The molecule has 6 nitrogen and oxygen atoms in total. The maximum atomic E-state index is 12.7. The van der Waals surface area contributed by atoms with Crippen LogP contribution in [0.3, 0.4) is 0 Å². The zero-order valence-corrected chi connectivity index (χ0v) is 14.7. The molecule has 2 aliphatic rings. The molecule has 1 saturated heterocycles. The van der Waals surface area contributed by atoms with Crippen LogP contribution in [0.2, 0.25) is 0 Å². The van der Waals surface area contributed by atoms with Crippen LogP contribution in [0.1, 0.15) is 46.6 Å². The van der Waals surface area contributed by atoms with Crippen molar-refractivity contribution in [2.75, 3.05) is 13.1 Å². The average Bonchev–Trinajstić information content (AvgIpc) is 3.32. The van der Waals surface area contributed by atoms with E-state index in [-0.39, 0.29) is 17.9 Å². The summed E-state index contributed by atoms with van der Waals surface area (Å²) in [5, 5.41) is 7.15. The van der Waals surface area contributed by atoms with Gasteiger partial charge in [0.15, 0.2) is 5.69 Å². The molecule has 2 amide bonds. The van der Waals surface area contributed by atoms with Crippen molar-refractivity contribution in [3.63, 3.8) is 0 Å². The summed E-state index contributed by atoms with van der Waals surface area (Å²) in [5.74, 6) is 0.762. The molecule has 1 aromatic carbocycles. The quantitative estimate of drug-likeness (QED) is 0.914. The second-order valence-electron chi connectivity index (χ2n) is 7.10. The molecular formula is C20H23N3O3. The number of fused-ring (bicyclic) bond motifs is 1. The highest BCUT2D eigenvalue weighted by molar-refractivity contribution is 5.94. The predicted molar refractivity (Wildman–Crippen MR) is 95.7 cm³/mol. The van der Waals surface area contributed by atoms with Gasteiger partial charge in [-0.2, -0.15) is 0 Å². The molecule has 0 radical (unpaired) electrons. The van der Waals surface area contributed by atoms with Gasteiger partial charge in [0, 0.05) is 31.1 Å². The summed E-state index contributed by atoms with van der Waals surface area (Å²) in [7, 11) is 0. The van der Waals surface area contributed by atoms with Crippen LogP contribution >= 0.6 is 0 Å². The number of rotatable bonds is 4. The third-order valence-electron chi connectivity index (χ3n) is 5.21. The highest BCUT2D eigenvalue weighted by Crippen LogP contribution is 2.26. The van der Waals surface area contributed by atoms with Crippen LogP contribution in [0.15, 0.2) is 34.9 Å². The largest absolute Gasteiger partial charge is 0.360 e. The first-order chi connectivity index (χ1) is 12.7. The van der Waals surface area contributed by atoms with Crippen molar-refractivity contribution >= 4 is 11.8 Å². The summed E-state index contributed by atoms with van der Waals surface area (Å²) in [6.07, 6.45) is 4.57. The lowest BCUT2D eigenvalue weighted by molar-refractivity contribution is -0.121. The number of benzene rings is 1. The Morgan fingerprint density at radius 2 is 1.96 bits per heavy atom. The minimum absolute atomic E-state index is 0.00789. The second kappa shape index (κ2) is 7.32. The molecule has 1 aliphatic carbocycles. The lowest BCUT2D eigenvalue weighted by Crippen LogP contribution is -2.40. The van der Waals surface area contributed by atoms with Gasteiger partial charge in [0.1, 0.15) is 5.76 Å². The van der Waals surface area contributed by atoms with Crippen molar-refractivity contribution in [1.82, 2.24) is 15.4 Å². The molecule has 0 spiro atoms. The van der Waals surface area contributed by atoms with Crippen LogP contribution in [0, 0.1) is 0 Å². The van der Waals surface area contributed by atoms with Gasteiger partial charge in [-0.25, -0.2) is 0 Å². The summed E-state index contributed by atoms with van der Waals surface area (Å²) in [6.45, 7) is 1.58. The number of amides is 2. The van der Waals surface area contributed by atoms with E-state index in [0.717, 1.165) is 49.2 Å². The van der Waals surface area contributed by atoms with Crippen molar-refractivity contribution in [1.29, 1.82) is 0 Å². The normalized spacial score (nSPS) is 19.2. The summed E-state index contributed by atoms with van der Waals surface area (Å²) in [4.78, 5) is 26.8. The summed E-state index contributed by atoms with van der Waals surface area (Å²) in [5.41, 5.74) is 2.30. The van der Waals surface area contributed by atoms with Crippen molar-refractivity contribution in [2.45, 2.75) is 44.6 Å². The molecule has 1 atom stereocenters. The third-order valence-corrected chi connectivity index (χ3v) is 5.21. The van der Waals surface area contributed by atoms with Gasteiger partial charge < -0.3 is 14.7 Å². The molecule has 1 aliphatic heterocycles. The van der Waals surface area contributed by atoms with E-state index < -0.39 is 0 Å². The Bertz CT molecular complexity index is 794. The Kier molecular flexibility index (Phi) is 4.73. The minimum Gasteiger partial charge on any atom is -0.360 e. The smallest absolute Gasteiger partial charge is 0.276 e. The van der Waals surface area contributed by atoms with Crippen molar-refractivity contribution in [3.8, 4) is 0 Å². The zero-order chi connectivity index (χ0) is 17.9. The van der Waals surface area contributed by atoms with Gasteiger partial charge in [-0.3, -0.25) is 9.59 Å². The fourth-order valence-electron chi connectivity index (χ4n) is 3.83. The lowest BCUT2D eigenvalue weighted by atomic mass is 9.91. The van der Waals surface area contributed by atoms with E-state index in [0.29, 0.717) is 25.0 Å². The monoisotopic (exact) mass is 353 g/mol. The van der Waals surface area contributed by atoms with Crippen LogP contribution in [-0.4, -0.2) is 41.0 Å². The molecule has 1 N–H and O–H groups in total. The standard InChI is InChI=1S/C20H23N3O3/c24-18(12-14-6-2-1-3-7-14)21-15-8-9-17-16(13-15)19(22-26-17)20(25)23-10-4-5-11-23/h1-3,6-7,15H,4-5,8-13H2,(H,21,24). The first-order valence-electron chi connectivity index (χ1n) is 9.30. The summed E-state index contributed by atoms with van der Waals surface area (Å²) < 4.78 is 5.41. The summed E-state index contributed by atoms with van der Waals surface area (Å²) >= 11 is 0. The number of nitrogens with zero attached hydrogens (tertiary/aromatic N) is 2. The van der Waals surface area contributed by atoms with Crippen molar-refractivity contribution in [2.24, 2.45) is 0 Å². The van der Waals surface area contributed by atoms with E-state index in [2.05, 4.69) is 10.5 Å². The lowest BCUT2D eigenvalue weighted by Gasteiger charge is -2.23. The predicted octanol–water partition coefficient (Wildman–Crippen LogP) is 2.13. The molecule has 2 heterocycles. The Hall–Kier alpha value is -2.63. The number of hydrogen-bond acceptors (Lipinski definition) is 4. The molecule has 4 rings (SSSR count). The van der Waals surface area contributed by atoms with E-state index in [9.17, 15) is 9.59 Å². The molecule has 1 fully saturated rings.